The number of likely N-dealkylation sites (tertiary alicyclic amines) is 1. The zero-order valence-electron chi connectivity index (χ0n) is 15.5. The fourth-order valence-corrected chi connectivity index (χ4v) is 4.36. The molecule has 1 saturated carbocycles. The molecular formula is C20H28FNO4. The standard InChI is InChI=1S/C20H28FNO4/c1-3-26-17-10-6-15(7-11-17)22-12-18(20(21,13-22)19(23)24)14-4-8-16(25-2)9-5-14/h4-5,8-9,15,17-18H,3,6-7,10-13H2,1-2H3,(H,23,24)/t15-,17-,18-,20-/m0/s1. The SMILES string of the molecule is CCO[C@H]1CC[C@H](N2C[C@@H](c3ccc(OC)cc3)[C@](F)(C(=O)O)C2)CC1. The molecular weight excluding hydrogens is 337 g/mol. The Morgan fingerprint density at radius 1 is 1.27 bits per heavy atom. The number of alkyl halides is 1. The van der Waals surface area contributed by atoms with Gasteiger partial charge in [0.2, 0.25) is 5.67 Å². The van der Waals surface area contributed by atoms with E-state index >= 15 is 4.39 Å². The van der Waals surface area contributed by atoms with Crippen molar-refractivity contribution < 1.29 is 23.8 Å². The molecule has 1 aromatic carbocycles. The number of methoxy groups -OCH3 is 1. The molecule has 0 bridgehead atoms. The summed E-state index contributed by atoms with van der Waals surface area (Å²) in [5, 5.41) is 9.59. The van der Waals surface area contributed by atoms with Gasteiger partial charge < -0.3 is 14.6 Å². The van der Waals surface area contributed by atoms with E-state index in [9.17, 15) is 9.90 Å². The van der Waals surface area contributed by atoms with Gasteiger partial charge in [-0.1, -0.05) is 12.1 Å². The smallest absolute Gasteiger partial charge is 0.343 e. The number of carbonyl (C=O) groups is 1. The van der Waals surface area contributed by atoms with E-state index in [1.807, 2.05) is 11.8 Å². The summed E-state index contributed by atoms with van der Waals surface area (Å²) in [6, 6.07) is 7.29. The Labute approximate surface area is 154 Å². The van der Waals surface area contributed by atoms with Gasteiger partial charge >= 0.3 is 5.97 Å². The molecule has 0 spiro atoms. The summed E-state index contributed by atoms with van der Waals surface area (Å²) in [6.45, 7) is 3.09. The molecule has 1 aliphatic carbocycles. The molecule has 0 aromatic heterocycles. The maximum Gasteiger partial charge on any atom is 0.343 e. The molecule has 3 rings (SSSR count). The van der Waals surface area contributed by atoms with Crippen molar-refractivity contribution in [2.24, 2.45) is 0 Å². The molecule has 1 saturated heterocycles. The quantitative estimate of drug-likeness (QED) is 0.839. The number of hydrogen-bond acceptors (Lipinski definition) is 4. The number of carboxylic acids is 1. The van der Waals surface area contributed by atoms with Gasteiger partial charge in [-0.3, -0.25) is 4.90 Å². The normalized spacial score (nSPS) is 32.5. The van der Waals surface area contributed by atoms with E-state index in [0.717, 1.165) is 25.7 Å². The molecule has 0 amide bonds. The first-order valence-corrected chi connectivity index (χ1v) is 9.39. The summed E-state index contributed by atoms with van der Waals surface area (Å²) in [5.41, 5.74) is -1.55. The van der Waals surface area contributed by atoms with Crippen LogP contribution in [0.4, 0.5) is 4.39 Å². The maximum absolute atomic E-state index is 15.5. The molecule has 1 aliphatic heterocycles. The molecule has 144 valence electrons. The van der Waals surface area contributed by atoms with E-state index in [-0.39, 0.29) is 18.7 Å². The summed E-state index contributed by atoms with van der Waals surface area (Å²) < 4.78 is 26.3. The van der Waals surface area contributed by atoms with Gasteiger partial charge in [-0.15, -0.1) is 0 Å². The summed E-state index contributed by atoms with van der Waals surface area (Å²) in [7, 11) is 1.57. The minimum Gasteiger partial charge on any atom is -0.497 e. The number of halogens is 1. The topological polar surface area (TPSA) is 59.0 Å². The van der Waals surface area contributed by atoms with Crippen LogP contribution in [0.15, 0.2) is 24.3 Å². The molecule has 1 heterocycles. The third kappa shape index (κ3) is 3.71. The number of rotatable bonds is 6. The minimum absolute atomic E-state index is 0.0526. The van der Waals surface area contributed by atoms with E-state index in [1.54, 1.807) is 31.4 Å². The van der Waals surface area contributed by atoms with Gasteiger partial charge in [-0.25, -0.2) is 9.18 Å². The fraction of sp³-hybridized carbons (Fsp3) is 0.650. The lowest BCUT2D eigenvalue weighted by Gasteiger charge is -2.34. The van der Waals surface area contributed by atoms with Crippen molar-refractivity contribution >= 4 is 5.97 Å². The number of ether oxygens (including phenoxy) is 2. The largest absolute Gasteiger partial charge is 0.497 e. The molecule has 2 fully saturated rings. The van der Waals surface area contributed by atoms with Crippen molar-refractivity contribution in [1.82, 2.24) is 4.90 Å². The Balaban J connectivity index is 1.74. The second-order valence-corrected chi connectivity index (χ2v) is 7.31. The number of aliphatic carboxylic acids is 1. The highest BCUT2D eigenvalue weighted by Gasteiger charge is 2.55. The van der Waals surface area contributed by atoms with E-state index in [0.29, 0.717) is 24.5 Å². The Morgan fingerprint density at radius 2 is 1.92 bits per heavy atom. The molecule has 5 nitrogen and oxygen atoms in total. The van der Waals surface area contributed by atoms with Gasteiger partial charge in [0.15, 0.2) is 0 Å². The van der Waals surface area contributed by atoms with Crippen LogP contribution in [0.25, 0.3) is 0 Å². The van der Waals surface area contributed by atoms with Crippen molar-refractivity contribution in [2.45, 2.75) is 56.3 Å². The van der Waals surface area contributed by atoms with Crippen LogP contribution in [0.2, 0.25) is 0 Å². The van der Waals surface area contributed by atoms with Crippen molar-refractivity contribution in [3.05, 3.63) is 29.8 Å². The summed E-state index contributed by atoms with van der Waals surface area (Å²) in [6.07, 6.45) is 4.04. The Kier molecular flexibility index (Phi) is 5.82. The zero-order valence-corrected chi connectivity index (χ0v) is 15.5. The Morgan fingerprint density at radius 3 is 2.46 bits per heavy atom. The van der Waals surface area contributed by atoms with Gasteiger partial charge in [0, 0.05) is 31.7 Å². The third-order valence-electron chi connectivity index (χ3n) is 5.84. The summed E-state index contributed by atoms with van der Waals surface area (Å²) >= 11 is 0. The molecule has 6 heteroatoms. The van der Waals surface area contributed by atoms with E-state index in [4.69, 9.17) is 9.47 Å². The average Bonchev–Trinajstić information content (AvgIpc) is 3.02. The van der Waals surface area contributed by atoms with Crippen molar-refractivity contribution in [2.75, 3.05) is 26.8 Å². The van der Waals surface area contributed by atoms with Crippen LogP contribution in [-0.2, 0) is 9.53 Å². The number of hydrogen-bond donors (Lipinski definition) is 1. The van der Waals surface area contributed by atoms with Gasteiger partial charge in [0.1, 0.15) is 5.75 Å². The number of carboxylic acid groups (broad SMARTS) is 1. The summed E-state index contributed by atoms with van der Waals surface area (Å²) in [4.78, 5) is 13.8. The fourth-order valence-electron chi connectivity index (χ4n) is 4.36. The van der Waals surface area contributed by atoms with Crippen LogP contribution in [-0.4, -0.2) is 60.6 Å². The van der Waals surface area contributed by atoms with Crippen molar-refractivity contribution in [3.63, 3.8) is 0 Å². The van der Waals surface area contributed by atoms with Crippen LogP contribution in [0.5, 0.6) is 5.75 Å². The van der Waals surface area contributed by atoms with E-state index in [2.05, 4.69) is 0 Å². The number of benzene rings is 1. The maximum atomic E-state index is 15.5. The zero-order chi connectivity index (χ0) is 18.7. The van der Waals surface area contributed by atoms with Gasteiger partial charge in [0.05, 0.1) is 13.2 Å². The lowest BCUT2D eigenvalue weighted by atomic mass is 9.86. The highest BCUT2D eigenvalue weighted by molar-refractivity contribution is 5.80. The first kappa shape index (κ1) is 19.1. The van der Waals surface area contributed by atoms with E-state index in [1.165, 1.54) is 0 Å². The average molecular weight is 365 g/mol. The third-order valence-corrected chi connectivity index (χ3v) is 5.84. The molecule has 2 atom stereocenters. The molecule has 0 unspecified atom stereocenters. The first-order valence-electron chi connectivity index (χ1n) is 9.39. The van der Waals surface area contributed by atoms with Gasteiger partial charge in [0.25, 0.3) is 0 Å². The van der Waals surface area contributed by atoms with Gasteiger partial charge in [-0.2, -0.15) is 0 Å². The van der Waals surface area contributed by atoms with Crippen LogP contribution in [0.1, 0.15) is 44.1 Å². The van der Waals surface area contributed by atoms with Crippen LogP contribution in [0, 0.1) is 0 Å². The predicted molar refractivity (Wildman–Crippen MR) is 96.5 cm³/mol. The first-order chi connectivity index (χ1) is 12.5. The van der Waals surface area contributed by atoms with Crippen molar-refractivity contribution in [3.8, 4) is 5.75 Å². The Bertz CT molecular complexity index is 615. The van der Waals surface area contributed by atoms with Gasteiger partial charge in [-0.05, 0) is 50.3 Å². The summed E-state index contributed by atoms with van der Waals surface area (Å²) in [5.74, 6) is -1.36. The molecule has 1 N–H and O–H groups in total. The predicted octanol–water partition coefficient (Wildman–Crippen LogP) is 3.24. The lowest BCUT2D eigenvalue weighted by molar-refractivity contribution is -0.151. The molecule has 2 aliphatic rings. The van der Waals surface area contributed by atoms with Crippen LogP contribution < -0.4 is 4.74 Å². The number of nitrogens with zero attached hydrogens (tertiary/aromatic N) is 1. The second-order valence-electron chi connectivity index (χ2n) is 7.31. The molecule has 1 aromatic rings. The Hall–Kier alpha value is -1.66. The van der Waals surface area contributed by atoms with E-state index < -0.39 is 17.6 Å². The van der Waals surface area contributed by atoms with Crippen LogP contribution in [0.3, 0.4) is 0 Å². The highest BCUT2D eigenvalue weighted by Crippen LogP contribution is 2.42. The molecule has 0 radical (unpaired) electrons. The monoisotopic (exact) mass is 365 g/mol. The van der Waals surface area contributed by atoms with Crippen LogP contribution >= 0.6 is 0 Å². The second kappa shape index (κ2) is 7.92. The van der Waals surface area contributed by atoms with Crippen molar-refractivity contribution in [1.29, 1.82) is 0 Å². The minimum atomic E-state index is -2.26. The molecule has 26 heavy (non-hydrogen) atoms. The lowest BCUT2D eigenvalue weighted by Crippen LogP contribution is -2.43. The highest BCUT2D eigenvalue weighted by atomic mass is 19.1.